The summed E-state index contributed by atoms with van der Waals surface area (Å²) in [5.41, 5.74) is 3.51. The molecular weight excluding hydrogens is 196 g/mol. The third-order valence-electron chi connectivity index (χ3n) is 3.62. The summed E-state index contributed by atoms with van der Waals surface area (Å²) < 4.78 is 0. The lowest BCUT2D eigenvalue weighted by Gasteiger charge is -2.00. The van der Waals surface area contributed by atoms with Gasteiger partial charge >= 0.3 is 0 Å². The number of aliphatic hydroxyl groups is 1. The fourth-order valence-electron chi connectivity index (χ4n) is 2.36. The van der Waals surface area contributed by atoms with Gasteiger partial charge in [-0.3, -0.25) is 0 Å². The first-order valence-electron chi connectivity index (χ1n) is 7.19. The van der Waals surface area contributed by atoms with Crippen molar-refractivity contribution in [2.24, 2.45) is 0 Å². The Hall–Kier alpha value is -0.300. The summed E-state index contributed by atoms with van der Waals surface area (Å²) in [5, 5.41) is 8.63. The van der Waals surface area contributed by atoms with Crippen LogP contribution in [0.5, 0.6) is 0 Å². The summed E-state index contributed by atoms with van der Waals surface area (Å²) in [5.74, 6) is 0. The van der Waals surface area contributed by atoms with E-state index in [0.29, 0.717) is 6.61 Å². The van der Waals surface area contributed by atoms with Crippen molar-refractivity contribution < 1.29 is 5.11 Å². The SMILES string of the molecule is CCC1=C(CCCCCCCCCCO)C1. The third kappa shape index (κ3) is 6.32. The van der Waals surface area contributed by atoms with Crippen LogP contribution in [0.2, 0.25) is 0 Å². The summed E-state index contributed by atoms with van der Waals surface area (Å²) in [4.78, 5) is 0. The van der Waals surface area contributed by atoms with Gasteiger partial charge in [-0.2, -0.15) is 0 Å². The van der Waals surface area contributed by atoms with Crippen molar-refractivity contribution in [3.8, 4) is 0 Å². The Labute approximate surface area is 101 Å². The maximum Gasteiger partial charge on any atom is 0.0431 e. The van der Waals surface area contributed by atoms with Gasteiger partial charge in [0.1, 0.15) is 0 Å². The summed E-state index contributed by atoms with van der Waals surface area (Å²) in [7, 11) is 0. The lowest BCUT2D eigenvalue weighted by Crippen LogP contribution is -1.84. The standard InChI is InChI=1S/C15H28O/c1-2-14-13-15(14)11-9-7-5-3-4-6-8-10-12-16/h16H,2-13H2,1H3. The Morgan fingerprint density at radius 3 is 1.88 bits per heavy atom. The van der Waals surface area contributed by atoms with Crippen LogP contribution in [0.25, 0.3) is 0 Å². The van der Waals surface area contributed by atoms with Gasteiger partial charge < -0.3 is 5.11 Å². The first-order valence-corrected chi connectivity index (χ1v) is 7.19. The second kappa shape index (κ2) is 8.81. The first-order chi connectivity index (χ1) is 7.88. The number of aliphatic hydroxyl groups excluding tert-OH is 1. The van der Waals surface area contributed by atoms with Gasteiger partial charge in [-0.25, -0.2) is 0 Å². The molecule has 1 heteroatoms. The predicted octanol–water partition coefficient (Wildman–Crippen LogP) is 4.60. The minimum absolute atomic E-state index is 0.370. The zero-order chi connectivity index (χ0) is 11.6. The highest BCUT2D eigenvalue weighted by Gasteiger charge is 2.17. The molecule has 0 unspecified atom stereocenters. The molecule has 1 rings (SSSR count). The van der Waals surface area contributed by atoms with E-state index in [2.05, 4.69) is 6.92 Å². The van der Waals surface area contributed by atoms with Crippen molar-refractivity contribution >= 4 is 0 Å². The van der Waals surface area contributed by atoms with Gasteiger partial charge in [0.25, 0.3) is 0 Å². The van der Waals surface area contributed by atoms with Crippen LogP contribution in [0.3, 0.4) is 0 Å². The molecule has 1 N–H and O–H groups in total. The van der Waals surface area contributed by atoms with Gasteiger partial charge in [0, 0.05) is 6.61 Å². The molecule has 0 fully saturated rings. The van der Waals surface area contributed by atoms with Crippen molar-refractivity contribution in [2.75, 3.05) is 6.61 Å². The van der Waals surface area contributed by atoms with Crippen LogP contribution in [-0.4, -0.2) is 11.7 Å². The van der Waals surface area contributed by atoms with Crippen molar-refractivity contribution in [1.82, 2.24) is 0 Å². The predicted molar refractivity (Wildman–Crippen MR) is 70.6 cm³/mol. The molecule has 0 aliphatic heterocycles. The van der Waals surface area contributed by atoms with Gasteiger partial charge in [-0.15, -0.1) is 0 Å². The number of rotatable bonds is 11. The maximum absolute atomic E-state index is 8.63. The fourth-order valence-corrected chi connectivity index (χ4v) is 2.36. The monoisotopic (exact) mass is 224 g/mol. The van der Waals surface area contributed by atoms with Crippen LogP contribution >= 0.6 is 0 Å². The largest absolute Gasteiger partial charge is 0.396 e. The van der Waals surface area contributed by atoms with E-state index >= 15 is 0 Å². The molecule has 1 aliphatic carbocycles. The van der Waals surface area contributed by atoms with Gasteiger partial charge in [0.15, 0.2) is 0 Å². The molecule has 0 radical (unpaired) electrons. The normalized spacial score (nSPS) is 14.6. The Morgan fingerprint density at radius 1 is 0.812 bits per heavy atom. The summed E-state index contributed by atoms with van der Waals surface area (Å²) in [6.45, 7) is 2.64. The molecule has 0 aromatic rings. The molecular formula is C15H28O. The molecule has 0 saturated heterocycles. The summed E-state index contributed by atoms with van der Waals surface area (Å²) >= 11 is 0. The average Bonchev–Trinajstić information content (AvgIpc) is 3.05. The molecule has 0 aromatic carbocycles. The van der Waals surface area contributed by atoms with Crippen molar-refractivity contribution in [3.05, 3.63) is 11.1 Å². The van der Waals surface area contributed by atoms with E-state index in [-0.39, 0.29) is 0 Å². The molecule has 0 spiro atoms. The van der Waals surface area contributed by atoms with Gasteiger partial charge in [0.2, 0.25) is 0 Å². The number of hydrogen-bond donors (Lipinski definition) is 1. The molecule has 0 bridgehead atoms. The van der Waals surface area contributed by atoms with Crippen LogP contribution in [-0.2, 0) is 0 Å². The zero-order valence-corrected chi connectivity index (χ0v) is 10.9. The molecule has 1 aliphatic rings. The Morgan fingerprint density at radius 2 is 1.38 bits per heavy atom. The Balaban J connectivity index is 1.74. The van der Waals surface area contributed by atoms with E-state index in [1.54, 1.807) is 11.1 Å². The van der Waals surface area contributed by atoms with Crippen molar-refractivity contribution in [3.63, 3.8) is 0 Å². The van der Waals surface area contributed by atoms with Gasteiger partial charge in [0.05, 0.1) is 0 Å². The van der Waals surface area contributed by atoms with E-state index < -0.39 is 0 Å². The molecule has 0 heterocycles. The minimum atomic E-state index is 0.370. The minimum Gasteiger partial charge on any atom is -0.396 e. The molecule has 16 heavy (non-hydrogen) atoms. The average molecular weight is 224 g/mol. The van der Waals surface area contributed by atoms with E-state index in [1.807, 2.05) is 0 Å². The lowest BCUT2D eigenvalue weighted by molar-refractivity contribution is 0.282. The van der Waals surface area contributed by atoms with Crippen molar-refractivity contribution in [1.29, 1.82) is 0 Å². The molecule has 1 nitrogen and oxygen atoms in total. The quantitative estimate of drug-likeness (QED) is 0.402. The van der Waals surface area contributed by atoms with Crippen LogP contribution < -0.4 is 0 Å². The second-order valence-electron chi connectivity index (χ2n) is 5.04. The van der Waals surface area contributed by atoms with Gasteiger partial charge in [-0.05, 0) is 32.1 Å². The van der Waals surface area contributed by atoms with Crippen LogP contribution in [0.4, 0.5) is 0 Å². The van der Waals surface area contributed by atoms with E-state index in [9.17, 15) is 0 Å². The molecule has 0 aromatic heterocycles. The molecule has 0 amide bonds. The molecule has 0 saturated carbocycles. The number of unbranched alkanes of at least 4 members (excludes halogenated alkanes) is 7. The van der Waals surface area contributed by atoms with Crippen LogP contribution in [0.15, 0.2) is 11.1 Å². The first kappa shape index (κ1) is 13.8. The van der Waals surface area contributed by atoms with E-state index in [1.165, 1.54) is 64.2 Å². The Kier molecular flexibility index (Phi) is 7.58. The highest BCUT2D eigenvalue weighted by Crippen LogP contribution is 2.37. The second-order valence-corrected chi connectivity index (χ2v) is 5.04. The highest BCUT2D eigenvalue weighted by atomic mass is 16.2. The summed E-state index contributed by atoms with van der Waals surface area (Å²) in [6.07, 6.45) is 14.5. The zero-order valence-electron chi connectivity index (χ0n) is 10.9. The molecule has 94 valence electrons. The van der Waals surface area contributed by atoms with E-state index in [4.69, 9.17) is 5.11 Å². The van der Waals surface area contributed by atoms with E-state index in [0.717, 1.165) is 6.42 Å². The topological polar surface area (TPSA) is 20.2 Å². The van der Waals surface area contributed by atoms with Crippen LogP contribution in [0.1, 0.15) is 77.6 Å². The molecule has 0 atom stereocenters. The number of hydrogen-bond acceptors (Lipinski definition) is 1. The Bertz CT molecular complexity index is 205. The number of allylic oxidation sites excluding steroid dienone is 2. The maximum atomic E-state index is 8.63. The highest BCUT2D eigenvalue weighted by molar-refractivity contribution is 5.34. The lowest BCUT2D eigenvalue weighted by atomic mass is 10.1. The fraction of sp³-hybridized carbons (Fsp3) is 0.867. The van der Waals surface area contributed by atoms with Crippen molar-refractivity contribution in [2.45, 2.75) is 77.6 Å². The smallest absolute Gasteiger partial charge is 0.0431 e. The summed E-state index contributed by atoms with van der Waals surface area (Å²) in [6, 6.07) is 0. The van der Waals surface area contributed by atoms with Crippen LogP contribution in [0, 0.1) is 0 Å². The van der Waals surface area contributed by atoms with Gasteiger partial charge in [-0.1, -0.05) is 56.6 Å². The third-order valence-corrected chi connectivity index (χ3v) is 3.62.